The van der Waals surface area contributed by atoms with Gasteiger partial charge in [0.05, 0.1) is 5.56 Å². The first kappa shape index (κ1) is 15.7. The molecule has 1 N–H and O–H groups in total. The van der Waals surface area contributed by atoms with E-state index in [1.165, 1.54) is 12.1 Å². The predicted molar refractivity (Wildman–Crippen MR) is 79.4 cm³/mol. The standard InChI is InChI=1S/C17H16F3NO2/c18-17(19,20)14-4-2-1-3-13(14)10-21-8-7-12-5-6-15-16(9-12)23-11-22-15/h1-6,9,21H,7-8,10-11H2. The molecule has 1 aliphatic heterocycles. The van der Waals surface area contributed by atoms with Crippen LogP contribution in [0.1, 0.15) is 16.7 Å². The van der Waals surface area contributed by atoms with Crippen LogP contribution in [0.25, 0.3) is 0 Å². The number of nitrogens with one attached hydrogen (secondary N) is 1. The Balaban J connectivity index is 1.54. The van der Waals surface area contributed by atoms with Crippen LogP contribution in [0.2, 0.25) is 0 Å². The maximum absolute atomic E-state index is 12.9. The van der Waals surface area contributed by atoms with Crippen LogP contribution in [-0.4, -0.2) is 13.3 Å². The average Bonchev–Trinajstić information content (AvgIpc) is 2.98. The lowest BCUT2D eigenvalue weighted by Gasteiger charge is -2.13. The molecule has 0 saturated heterocycles. The SMILES string of the molecule is FC(F)(F)c1ccccc1CNCCc1ccc2c(c1)OCO2. The molecular weight excluding hydrogens is 307 g/mol. The third-order valence-electron chi connectivity index (χ3n) is 3.67. The van der Waals surface area contributed by atoms with Crippen LogP contribution >= 0.6 is 0 Å². The second-order valence-electron chi connectivity index (χ2n) is 5.27. The summed E-state index contributed by atoms with van der Waals surface area (Å²) in [6, 6.07) is 11.3. The summed E-state index contributed by atoms with van der Waals surface area (Å²) in [5.41, 5.74) is 0.715. The molecule has 1 aliphatic rings. The topological polar surface area (TPSA) is 30.5 Å². The van der Waals surface area contributed by atoms with E-state index in [1.807, 2.05) is 18.2 Å². The monoisotopic (exact) mass is 323 g/mol. The van der Waals surface area contributed by atoms with E-state index in [1.54, 1.807) is 6.07 Å². The first-order chi connectivity index (χ1) is 11.0. The molecule has 0 radical (unpaired) electrons. The summed E-state index contributed by atoms with van der Waals surface area (Å²) >= 11 is 0. The van der Waals surface area contributed by atoms with E-state index in [4.69, 9.17) is 9.47 Å². The van der Waals surface area contributed by atoms with E-state index in [9.17, 15) is 13.2 Å². The Bertz CT molecular complexity index is 686. The Morgan fingerprint density at radius 3 is 2.61 bits per heavy atom. The lowest BCUT2D eigenvalue weighted by Crippen LogP contribution is -2.19. The zero-order valence-corrected chi connectivity index (χ0v) is 12.3. The van der Waals surface area contributed by atoms with Gasteiger partial charge >= 0.3 is 6.18 Å². The van der Waals surface area contributed by atoms with Crippen molar-refractivity contribution in [2.75, 3.05) is 13.3 Å². The Hall–Kier alpha value is -2.21. The maximum Gasteiger partial charge on any atom is 0.416 e. The van der Waals surface area contributed by atoms with Crippen LogP contribution in [0.4, 0.5) is 13.2 Å². The van der Waals surface area contributed by atoms with Gasteiger partial charge in [0.25, 0.3) is 0 Å². The van der Waals surface area contributed by atoms with Gasteiger partial charge < -0.3 is 14.8 Å². The predicted octanol–water partition coefficient (Wildman–Crippen LogP) is 3.77. The average molecular weight is 323 g/mol. The lowest BCUT2D eigenvalue weighted by atomic mass is 10.1. The minimum atomic E-state index is -4.32. The highest BCUT2D eigenvalue weighted by Crippen LogP contribution is 2.33. The molecule has 3 rings (SSSR count). The van der Waals surface area contributed by atoms with E-state index in [0.29, 0.717) is 18.7 Å². The molecule has 0 saturated carbocycles. The van der Waals surface area contributed by atoms with Gasteiger partial charge in [-0.05, 0) is 42.3 Å². The quantitative estimate of drug-likeness (QED) is 0.850. The molecule has 0 aromatic heterocycles. The second-order valence-corrected chi connectivity index (χ2v) is 5.27. The molecule has 23 heavy (non-hydrogen) atoms. The third kappa shape index (κ3) is 3.76. The fourth-order valence-electron chi connectivity index (χ4n) is 2.50. The number of fused-ring (bicyclic) bond motifs is 1. The molecule has 2 aromatic rings. The molecule has 0 spiro atoms. The molecular formula is C17H16F3NO2. The summed E-state index contributed by atoms with van der Waals surface area (Å²) in [7, 11) is 0. The van der Waals surface area contributed by atoms with Gasteiger partial charge in [0.15, 0.2) is 11.5 Å². The molecule has 3 nitrogen and oxygen atoms in total. The molecule has 0 unspecified atom stereocenters. The summed E-state index contributed by atoms with van der Waals surface area (Å²) in [6.07, 6.45) is -3.62. The molecule has 1 heterocycles. The van der Waals surface area contributed by atoms with Crippen molar-refractivity contribution in [3.05, 3.63) is 59.2 Å². The van der Waals surface area contributed by atoms with Crippen LogP contribution in [0.15, 0.2) is 42.5 Å². The van der Waals surface area contributed by atoms with Gasteiger partial charge in [0.2, 0.25) is 6.79 Å². The van der Waals surface area contributed by atoms with Crippen molar-refractivity contribution in [2.45, 2.75) is 19.1 Å². The summed E-state index contributed by atoms with van der Waals surface area (Å²) in [6.45, 7) is 0.983. The van der Waals surface area contributed by atoms with Crippen molar-refractivity contribution >= 4 is 0 Å². The van der Waals surface area contributed by atoms with Crippen LogP contribution < -0.4 is 14.8 Å². The molecule has 0 amide bonds. The fourth-order valence-corrected chi connectivity index (χ4v) is 2.50. The van der Waals surface area contributed by atoms with E-state index in [0.717, 1.165) is 17.4 Å². The lowest BCUT2D eigenvalue weighted by molar-refractivity contribution is -0.138. The first-order valence-electron chi connectivity index (χ1n) is 7.28. The molecule has 122 valence electrons. The van der Waals surface area contributed by atoms with Crippen molar-refractivity contribution in [2.24, 2.45) is 0 Å². The second kappa shape index (κ2) is 6.50. The number of alkyl halides is 3. The highest BCUT2D eigenvalue weighted by atomic mass is 19.4. The van der Waals surface area contributed by atoms with Crippen molar-refractivity contribution in [3.8, 4) is 11.5 Å². The largest absolute Gasteiger partial charge is 0.454 e. The number of ether oxygens (including phenoxy) is 2. The van der Waals surface area contributed by atoms with Crippen LogP contribution in [-0.2, 0) is 19.1 Å². The van der Waals surface area contributed by atoms with Crippen molar-refractivity contribution in [3.63, 3.8) is 0 Å². The van der Waals surface area contributed by atoms with Gasteiger partial charge in [0.1, 0.15) is 0 Å². The van der Waals surface area contributed by atoms with Gasteiger partial charge in [-0.3, -0.25) is 0 Å². The number of hydrogen-bond acceptors (Lipinski definition) is 3. The summed E-state index contributed by atoms with van der Waals surface area (Å²) in [5.74, 6) is 1.44. The minimum Gasteiger partial charge on any atom is -0.454 e. The molecule has 0 atom stereocenters. The van der Waals surface area contributed by atoms with Crippen molar-refractivity contribution in [1.82, 2.24) is 5.32 Å². The van der Waals surface area contributed by atoms with Gasteiger partial charge in [-0.2, -0.15) is 13.2 Å². The van der Waals surface area contributed by atoms with Gasteiger partial charge in [-0.15, -0.1) is 0 Å². The van der Waals surface area contributed by atoms with Crippen molar-refractivity contribution < 1.29 is 22.6 Å². The van der Waals surface area contributed by atoms with E-state index in [-0.39, 0.29) is 18.9 Å². The third-order valence-corrected chi connectivity index (χ3v) is 3.67. The molecule has 0 bridgehead atoms. The van der Waals surface area contributed by atoms with Crippen molar-refractivity contribution in [1.29, 1.82) is 0 Å². The number of halogens is 3. The zero-order valence-electron chi connectivity index (χ0n) is 12.3. The number of benzene rings is 2. The number of hydrogen-bond donors (Lipinski definition) is 1. The van der Waals surface area contributed by atoms with E-state index in [2.05, 4.69) is 5.32 Å². The Kier molecular flexibility index (Phi) is 4.43. The van der Waals surface area contributed by atoms with E-state index < -0.39 is 11.7 Å². The Morgan fingerprint density at radius 1 is 1.00 bits per heavy atom. The number of rotatable bonds is 5. The fraction of sp³-hybridized carbons (Fsp3) is 0.294. The van der Waals surface area contributed by atoms with Gasteiger partial charge in [-0.1, -0.05) is 24.3 Å². The Labute approximate surface area is 132 Å². The summed E-state index contributed by atoms with van der Waals surface area (Å²) in [5, 5.41) is 3.06. The molecule has 2 aromatic carbocycles. The van der Waals surface area contributed by atoms with Gasteiger partial charge in [-0.25, -0.2) is 0 Å². The minimum absolute atomic E-state index is 0.181. The Morgan fingerprint density at radius 2 is 1.78 bits per heavy atom. The summed E-state index contributed by atoms with van der Waals surface area (Å²) in [4.78, 5) is 0. The highest BCUT2D eigenvalue weighted by molar-refractivity contribution is 5.44. The first-order valence-corrected chi connectivity index (χ1v) is 7.28. The normalized spacial score (nSPS) is 13.3. The smallest absolute Gasteiger partial charge is 0.416 e. The van der Waals surface area contributed by atoms with Gasteiger partial charge in [0, 0.05) is 6.54 Å². The maximum atomic E-state index is 12.9. The molecule has 0 aliphatic carbocycles. The highest BCUT2D eigenvalue weighted by Gasteiger charge is 2.32. The van der Waals surface area contributed by atoms with E-state index >= 15 is 0 Å². The van der Waals surface area contributed by atoms with Crippen LogP contribution in [0, 0.1) is 0 Å². The van der Waals surface area contributed by atoms with Crippen LogP contribution in [0.3, 0.4) is 0 Å². The summed E-state index contributed by atoms with van der Waals surface area (Å²) < 4.78 is 49.2. The molecule has 0 fully saturated rings. The molecule has 6 heteroatoms. The van der Waals surface area contributed by atoms with Crippen LogP contribution in [0.5, 0.6) is 11.5 Å². The zero-order chi connectivity index (χ0) is 16.3.